The maximum absolute atomic E-state index is 12.8. The van der Waals surface area contributed by atoms with E-state index in [1.54, 1.807) is 12.1 Å². The largest absolute Gasteiger partial charge is 0.483 e. The molecule has 2 aromatic carbocycles. The lowest BCUT2D eigenvalue weighted by atomic mass is 10.1. The molecule has 22 heavy (non-hydrogen) atoms. The highest BCUT2D eigenvalue weighted by Gasteiger charge is 2.07. The van der Waals surface area contributed by atoms with Crippen LogP contribution >= 0.6 is 0 Å². The van der Waals surface area contributed by atoms with Gasteiger partial charge in [-0.15, -0.1) is 0 Å². The van der Waals surface area contributed by atoms with Gasteiger partial charge in [-0.05, 0) is 61.2 Å². The molecule has 116 valence electrons. The van der Waals surface area contributed by atoms with Crippen LogP contribution in [0.25, 0.3) is 0 Å². The second-order valence-electron chi connectivity index (χ2n) is 5.40. The smallest absolute Gasteiger partial charge is 0.258 e. The third-order valence-corrected chi connectivity index (χ3v) is 3.53. The Balaban J connectivity index is 1.86. The lowest BCUT2D eigenvalue weighted by Gasteiger charge is -2.12. The van der Waals surface area contributed by atoms with Crippen molar-refractivity contribution in [2.75, 3.05) is 6.61 Å². The Morgan fingerprint density at radius 2 is 1.82 bits per heavy atom. The van der Waals surface area contributed by atoms with Gasteiger partial charge < -0.3 is 10.1 Å². The van der Waals surface area contributed by atoms with E-state index >= 15 is 0 Å². The number of carbonyl (C=O) groups excluding carboxylic acids is 1. The topological polar surface area (TPSA) is 38.3 Å². The van der Waals surface area contributed by atoms with Crippen molar-refractivity contribution in [3.63, 3.8) is 0 Å². The van der Waals surface area contributed by atoms with Gasteiger partial charge in [-0.25, -0.2) is 4.39 Å². The molecule has 0 aliphatic heterocycles. The van der Waals surface area contributed by atoms with E-state index < -0.39 is 0 Å². The van der Waals surface area contributed by atoms with Gasteiger partial charge in [0, 0.05) is 6.54 Å². The predicted octanol–water partition coefficient (Wildman–Crippen LogP) is 3.45. The van der Waals surface area contributed by atoms with Gasteiger partial charge >= 0.3 is 0 Å². The fourth-order valence-electron chi connectivity index (χ4n) is 2.15. The zero-order valence-electron chi connectivity index (χ0n) is 13.1. The summed E-state index contributed by atoms with van der Waals surface area (Å²) < 4.78 is 18.4. The SMILES string of the molecule is Cc1cc(C)c(C)c(OCC(=O)NCc2ccc(F)cc2)c1. The average Bonchev–Trinajstić information content (AvgIpc) is 2.49. The molecule has 3 nitrogen and oxygen atoms in total. The van der Waals surface area contributed by atoms with Gasteiger partial charge in [-0.3, -0.25) is 4.79 Å². The molecule has 0 atom stereocenters. The zero-order chi connectivity index (χ0) is 16.1. The van der Waals surface area contributed by atoms with E-state index in [9.17, 15) is 9.18 Å². The Morgan fingerprint density at radius 3 is 2.50 bits per heavy atom. The first-order chi connectivity index (χ1) is 10.5. The molecule has 0 radical (unpaired) electrons. The van der Waals surface area contributed by atoms with Crippen LogP contribution in [-0.2, 0) is 11.3 Å². The first-order valence-corrected chi connectivity index (χ1v) is 7.17. The summed E-state index contributed by atoms with van der Waals surface area (Å²) in [6, 6.07) is 10.0. The Morgan fingerprint density at radius 1 is 1.14 bits per heavy atom. The van der Waals surface area contributed by atoms with Crippen LogP contribution < -0.4 is 10.1 Å². The molecule has 2 aromatic rings. The molecule has 4 heteroatoms. The molecule has 0 saturated carbocycles. The first-order valence-electron chi connectivity index (χ1n) is 7.17. The fourth-order valence-corrected chi connectivity index (χ4v) is 2.15. The monoisotopic (exact) mass is 301 g/mol. The van der Waals surface area contributed by atoms with Gasteiger partial charge in [-0.1, -0.05) is 18.2 Å². The molecule has 0 fully saturated rings. The highest BCUT2D eigenvalue weighted by atomic mass is 19.1. The second kappa shape index (κ2) is 7.07. The van der Waals surface area contributed by atoms with Gasteiger partial charge in [0.2, 0.25) is 0 Å². The minimum absolute atomic E-state index is 0.0368. The molecule has 0 aliphatic carbocycles. The molecule has 0 saturated heterocycles. The number of hydrogen-bond acceptors (Lipinski definition) is 2. The Bertz CT molecular complexity index is 666. The van der Waals surface area contributed by atoms with Crippen molar-refractivity contribution in [3.05, 3.63) is 64.5 Å². The van der Waals surface area contributed by atoms with E-state index in [1.807, 2.05) is 26.8 Å². The van der Waals surface area contributed by atoms with E-state index in [0.717, 1.165) is 28.0 Å². The van der Waals surface area contributed by atoms with Gasteiger partial charge in [0.05, 0.1) is 0 Å². The average molecular weight is 301 g/mol. The maximum Gasteiger partial charge on any atom is 0.258 e. The van der Waals surface area contributed by atoms with Crippen LogP contribution in [0.5, 0.6) is 5.75 Å². The number of halogens is 1. The summed E-state index contributed by atoms with van der Waals surface area (Å²) >= 11 is 0. The lowest BCUT2D eigenvalue weighted by molar-refractivity contribution is -0.123. The third kappa shape index (κ3) is 4.32. The Labute approximate surface area is 130 Å². The Kier molecular flexibility index (Phi) is 5.15. The van der Waals surface area contributed by atoms with Gasteiger partial charge in [0.1, 0.15) is 11.6 Å². The highest BCUT2D eigenvalue weighted by Crippen LogP contribution is 2.23. The van der Waals surface area contributed by atoms with Crippen molar-refractivity contribution in [1.29, 1.82) is 0 Å². The van der Waals surface area contributed by atoms with Crippen LogP contribution in [0.3, 0.4) is 0 Å². The maximum atomic E-state index is 12.8. The number of aryl methyl sites for hydroxylation is 2. The molecule has 2 rings (SSSR count). The highest BCUT2D eigenvalue weighted by molar-refractivity contribution is 5.77. The van der Waals surface area contributed by atoms with Crippen LogP contribution in [-0.4, -0.2) is 12.5 Å². The predicted molar refractivity (Wildman–Crippen MR) is 84.4 cm³/mol. The number of carbonyl (C=O) groups is 1. The molecule has 1 N–H and O–H groups in total. The summed E-state index contributed by atoms with van der Waals surface area (Å²) in [5.74, 6) is 0.237. The van der Waals surface area contributed by atoms with Crippen LogP contribution in [0, 0.1) is 26.6 Å². The first kappa shape index (κ1) is 16.0. The number of nitrogens with one attached hydrogen (secondary N) is 1. The van der Waals surface area contributed by atoms with E-state index in [-0.39, 0.29) is 18.3 Å². The van der Waals surface area contributed by atoms with Crippen molar-refractivity contribution in [3.8, 4) is 5.75 Å². The summed E-state index contributed by atoms with van der Waals surface area (Å²) in [5.41, 5.74) is 4.13. The van der Waals surface area contributed by atoms with Gasteiger partial charge in [-0.2, -0.15) is 0 Å². The van der Waals surface area contributed by atoms with E-state index in [4.69, 9.17) is 4.74 Å². The van der Waals surface area contributed by atoms with Crippen molar-refractivity contribution >= 4 is 5.91 Å². The summed E-state index contributed by atoms with van der Waals surface area (Å²) in [4.78, 5) is 11.8. The van der Waals surface area contributed by atoms with Crippen molar-refractivity contribution in [1.82, 2.24) is 5.32 Å². The molecular formula is C18H20FNO2. The number of benzene rings is 2. The summed E-state index contributed by atoms with van der Waals surface area (Å²) in [5, 5.41) is 2.75. The quantitative estimate of drug-likeness (QED) is 0.918. The Hall–Kier alpha value is -2.36. The normalized spacial score (nSPS) is 10.4. The van der Waals surface area contributed by atoms with E-state index in [0.29, 0.717) is 6.54 Å². The fraction of sp³-hybridized carbons (Fsp3) is 0.278. The molecule has 0 aliphatic rings. The molecule has 0 aromatic heterocycles. The van der Waals surface area contributed by atoms with Gasteiger partial charge in [0.15, 0.2) is 6.61 Å². The van der Waals surface area contributed by atoms with Gasteiger partial charge in [0.25, 0.3) is 5.91 Å². The lowest BCUT2D eigenvalue weighted by Crippen LogP contribution is -2.28. The molecular weight excluding hydrogens is 281 g/mol. The van der Waals surface area contributed by atoms with Crippen molar-refractivity contribution < 1.29 is 13.9 Å². The van der Waals surface area contributed by atoms with Crippen LogP contribution in [0.4, 0.5) is 4.39 Å². The van der Waals surface area contributed by atoms with Crippen LogP contribution in [0.1, 0.15) is 22.3 Å². The molecule has 0 heterocycles. The summed E-state index contributed by atoms with van der Waals surface area (Å²) in [7, 11) is 0. The molecule has 0 spiro atoms. The van der Waals surface area contributed by atoms with E-state index in [2.05, 4.69) is 11.4 Å². The summed E-state index contributed by atoms with van der Waals surface area (Å²) in [6.45, 7) is 6.30. The molecule has 0 bridgehead atoms. The number of rotatable bonds is 5. The molecule has 0 unspecified atom stereocenters. The number of hydrogen-bond donors (Lipinski definition) is 1. The van der Waals surface area contributed by atoms with Crippen LogP contribution in [0.2, 0.25) is 0 Å². The standard InChI is InChI=1S/C18H20FNO2/c1-12-8-13(2)14(3)17(9-12)22-11-18(21)20-10-15-4-6-16(19)7-5-15/h4-9H,10-11H2,1-3H3,(H,20,21). The van der Waals surface area contributed by atoms with E-state index in [1.165, 1.54) is 12.1 Å². The van der Waals surface area contributed by atoms with Crippen molar-refractivity contribution in [2.45, 2.75) is 27.3 Å². The van der Waals surface area contributed by atoms with Crippen LogP contribution in [0.15, 0.2) is 36.4 Å². The molecule has 1 amide bonds. The van der Waals surface area contributed by atoms with Crippen molar-refractivity contribution in [2.24, 2.45) is 0 Å². The summed E-state index contributed by atoms with van der Waals surface area (Å²) in [6.07, 6.45) is 0. The zero-order valence-corrected chi connectivity index (χ0v) is 13.1. The number of ether oxygens (including phenoxy) is 1. The number of amides is 1. The minimum atomic E-state index is -0.288. The third-order valence-electron chi connectivity index (χ3n) is 3.53. The second-order valence-corrected chi connectivity index (χ2v) is 5.40. The minimum Gasteiger partial charge on any atom is -0.483 e.